The van der Waals surface area contributed by atoms with E-state index in [0.717, 1.165) is 19.1 Å². The molecule has 1 aliphatic carbocycles. The van der Waals surface area contributed by atoms with Gasteiger partial charge in [0.1, 0.15) is 5.70 Å². The normalized spacial score (nSPS) is 17.5. The molecule has 3 aromatic rings. The Morgan fingerprint density at radius 3 is 2.69 bits per heavy atom. The number of nitrogens with zero attached hydrogens (tertiary/aromatic N) is 4. The molecule has 0 spiro atoms. The Labute approximate surface area is 182 Å². The zero-order chi connectivity index (χ0) is 22.5. The minimum Gasteiger partial charge on any atom is -0.351 e. The molecule has 1 saturated heterocycles. The fourth-order valence-electron chi connectivity index (χ4n) is 3.20. The fourth-order valence-corrected chi connectivity index (χ4v) is 3.76. The number of carbonyl (C=O) groups is 2. The van der Waals surface area contributed by atoms with Gasteiger partial charge in [-0.3, -0.25) is 14.8 Å². The molecule has 3 amide bonds. The van der Waals surface area contributed by atoms with Crippen LogP contribution >= 0.6 is 0 Å². The predicted molar refractivity (Wildman–Crippen MR) is 116 cm³/mol. The smallest absolute Gasteiger partial charge is 0.326 e. The molecular formula is C19H18N8O4S. The van der Waals surface area contributed by atoms with Crippen molar-refractivity contribution in [1.82, 2.24) is 30.2 Å². The Kier molecular flexibility index (Phi) is 4.55. The molecule has 1 saturated carbocycles. The van der Waals surface area contributed by atoms with E-state index in [9.17, 15) is 18.0 Å². The van der Waals surface area contributed by atoms with Crippen molar-refractivity contribution in [3.05, 3.63) is 41.7 Å². The summed E-state index contributed by atoms with van der Waals surface area (Å²) in [6.07, 6.45) is 6.11. The minimum absolute atomic E-state index is 0.0844. The summed E-state index contributed by atoms with van der Waals surface area (Å²) in [4.78, 5) is 32.5. The van der Waals surface area contributed by atoms with E-state index in [2.05, 4.69) is 35.7 Å². The van der Waals surface area contributed by atoms with E-state index in [0.29, 0.717) is 34.2 Å². The number of aromatic nitrogens is 4. The highest BCUT2D eigenvalue weighted by molar-refractivity contribution is 7.92. The number of imide groups is 1. The number of amides is 3. The number of sulfonamides is 1. The molecule has 5 rings (SSSR count). The molecule has 164 valence electrons. The Bertz CT molecular complexity index is 1410. The van der Waals surface area contributed by atoms with Gasteiger partial charge in [0.15, 0.2) is 11.5 Å². The standard InChI is InChI=1S/C19H18N8O4S/c1-32(30,31)26-13-4-2-3-10(7-13)15-23-16-11(8-14-17(28)25-19(29)22-14)9-20-27(16)18(24-15)21-12-5-6-12/h2-4,7-9,12,26H,5-6H2,1H3,(H,21,23,24)(H2,22,25,28,29)/b14-8-. The number of rotatable bonds is 6. The first kappa shape index (κ1) is 19.9. The molecular weight excluding hydrogens is 436 g/mol. The van der Waals surface area contributed by atoms with Crippen LogP contribution in [0.25, 0.3) is 23.1 Å². The maximum absolute atomic E-state index is 11.9. The Balaban J connectivity index is 1.62. The van der Waals surface area contributed by atoms with Crippen molar-refractivity contribution in [2.75, 3.05) is 16.3 Å². The van der Waals surface area contributed by atoms with E-state index >= 15 is 0 Å². The van der Waals surface area contributed by atoms with Gasteiger partial charge in [0.25, 0.3) is 5.91 Å². The number of urea groups is 1. The van der Waals surface area contributed by atoms with Gasteiger partial charge in [-0.25, -0.2) is 18.2 Å². The van der Waals surface area contributed by atoms with Gasteiger partial charge in [-0.15, -0.1) is 0 Å². The van der Waals surface area contributed by atoms with Crippen LogP contribution in [-0.4, -0.2) is 52.2 Å². The first-order valence-corrected chi connectivity index (χ1v) is 11.6. The van der Waals surface area contributed by atoms with Crippen LogP contribution in [0, 0.1) is 0 Å². The molecule has 2 aromatic heterocycles. The fraction of sp³-hybridized carbons (Fsp3) is 0.211. The highest BCUT2D eigenvalue weighted by Gasteiger charge is 2.26. The van der Waals surface area contributed by atoms with E-state index in [1.165, 1.54) is 16.8 Å². The number of benzene rings is 1. The second-order valence-electron chi connectivity index (χ2n) is 7.55. The molecule has 32 heavy (non-hydrogen) atoms. The molecule has 1 aromatic carbocycles. The van der Waals surface area contributed by atoms with E-state index in [1.807, 2.05) is 0 Å². The summed E-state index contributed by atoms with van der Waals surface area (Å²) in [6.45, 7) is 0. The number of carbonyl (C=O) groups excluding carboxylic acids is 2. The number of nitrogens with one attached hydrogen (secondary N) is 4. The lowest BCUT2D eigenvalue weighted by atomic mass is 10.2. The zero-order valence-corrected chi connectivity index (χ0v) is 17.6. The first-order valence-electron chi connectivity index (χ1n) is 9.70. The highest BCUT2D eigenvalue weighted by atomic mass is 32.2. The third-order valence-electron chi connectivity index (χ3n) is 4.75. The zero-order valence-electron chi connectivity index (χ0n) is 16.8. The van der Waals surface area contributed by atoms with E-state index < -0.39 is 22.0 Å². The molecule has 13 heteroatoms. The van der Waals surface area contributed by atoms with Gasteiger partial charge in [-0.05, 0) is 31.1 Å². The van der Waals surface area contributed by atoms with Crippen LogP contribution in [0.5, 0.6) is 0 Å². The molecule has 0 atom stereocenters. The maximum Gasteiger partial charge on any atom is 0.326 e. The summed E-state index contributed by atoms with van der Waals surface area (Å²) in [6, 6.07) is 6.40. The quantitative estimate of drug-likeness (QED) is 0.316. The van der Waals surface area contributed by atoms with Crippen molar-refractivity contribution in [1.29, 1.82) is 0 Å². The van der Waals surface area contributed by atoms with E-state index in [-0.39, 0.29) is 11.7 Å². The topological polar surface area (TPSA) is 159 Å². The van der Waals surface area contributed by atoms with Crippen LogP contribution in [0.2, 0.25) is 0 Å². The average molecular weight is 454 g/mol. The molecule has 4 N–H and O–H groups in total. The molecule has 2 aliphatic rings. The van der Waals surface area contributed by atoms with Crippen molar-refractivity contribution in [2.45, 2.75) is 18.9 Å². The molecule has 0 bridgehead atoms. The number of hydrogen-bond acceptors (Lipinski definition) is 8. The van der Waals surface area contributed by atoms with Gasteiger partial charge in [0.05, 0.1) is 12.5 Å². The largest absolute Gasteiger partial charge is 0.351 e. The minimum atomic E-state index is -3.44. The summed E-state index contributed by atoms with van der Waals surface area (Å²) in [7, 11) is -3.44. The molecule has 1 aliphatic heterocycles. The summed E-state index contributed by atoms with van der Waals surface area (Å²) < 4.78 is 27.2. The maximum atomic E-state index is 11.9. The van der Waals surface area contributed by atoms with E-state index in [4.69, 9.17) is 0 Å². The van der Waals surface area contributed by atoms with Crippen LogP contribution in [0.4, 0.5) is 16.4 Å². The molecule has 12 nitrogen and oxygen atoms in total. The van der Waals surface area contributed by atoms with Crippen LogP contribution in [-0.2, 0) is 14.8 Å². The second kappa shape index (κ2) is 7.30. The first-order chi connectivity index (χ1) is 15.2. The summed E-state index contributed by atoms with van der Waals surface area (Å²) in [5.41, 5.74) is 1.98. The Morgan fingerprint density at radius 1 is 1.19 bits per heavy atom. The third-order valence-corrected chi connectivity index (χ3v) is 5.36. The van der Waals surface area contributed by atoms with E-state index in [1.54, 1.807) is 24.3 Å². The van der Waals surface area contributed by atoms with Crippen LogP contribution in [0.1, 0.15) is 18.4 Å². The lowest BCUT2D eigenvalue weighted by molar-refractivity contribution is -0.115. The van der Waals surface area contributed by atoms with Crippen molar-refractivity contribution in [3.63, 3.8) is 0 Å². The summed E-state index contributed by atoms with van der Waals surface area (Å²) in [5.74, 6) is 0.274. The number of hydrogen-bond donors (Lipinski definition) is 4. The Morgan fingerprint density at radius 2 is 2.00 bits per heavy atom. The van der Waals surface area contributed by atoms with Crippen molar-refractivity contribution in [2.24, 2.45) is 0 Å². The monoisotopic (exact) mass is 454 g/mol. The van der Waals surface area contributed by atoms with Gasteiger partial charge in [0.2, 0.25) is 16.0 Å². The van der Waals surface area contributed by atoms with Crippen LogP contribution in [0.3, 0.4) is 0 Å². The molecule has 0 unspecified atom stereocenters. The lowest BCUT2D eigenvalue weighted by Crippen LogP contribution is -2.22. The van der Waals surface area contributed by atoms with Crippen LogP contribution in [0.15, 0.2) is 36.2 Å². The van der Waals surface area contributed by atoms with Crippen molar-refractivity contribution < 1.29 is 18.0 Å². The number of anilines is 2. The van der Waals surface area contributed by atoms with Gasteiger partial charge in [0, 0.05) is 22.9 Å². The lowest BCUT2D eigenvalue weighted by Gasteiger charge is -2.10. The third kappa shape index (κ3) is 4.09. The molecule has 3 heterocycles. The molecule has 0 radical (unpaired) electrons. The Hall–Kier alpha value is -4.00. The summed E-state index contributed by atoms with van der Waals surface area (Å²) in [5, 5.41) is 12.2. The average Bonchev–Trinajstić information content (AvgIpc) is 3.35. The molecule has 2 fully saturated rings. The summed E-state index contributed by atoms with van der Waals surface area (Å²) >= 11 is 0. The number of fused-ring (bicyclic) bond motifs is 1. The van der Waals surface area contributed by atoms with Crippen molar-refractivity contribution in [3.8, 4) is 11.4 Å². The highest BCUT2D eigenvalue weighted by Crippen LogP contribution is 2.28. The van der Waals surface area contributed by atoms with Crippen LogP contribution < -0.4 is 20.7 Å². The second-order valence-corrected chi connectivity index (χ2v) is 9.29. The van der Waals surface area contributed by atoms with Gasteiger partial charge < -0.3 is 10.6 Å². The van der Waals surface area contributed by atoms with Gasteiger partial charge in [-0.2, -0.15) is 14.6 Å². The van der Waals surface area contributed by atoms with Crippen molar-refractivity contribution >= 4 is 45.3 Å². The van der Waals surface area contributed by atoms with Gasteiger partial charge in [-0.1, -0.05) is 12.1 Å². The SMILES string of the molecule is CS(=O)(=O)Nc1cccc(-c2nc(NC3CC3)n3ncc(/C=C4\NC(=O)NC4=O)c3n2)c1. The van der Waals surface area contributed by atoms with Gasteiger partial charge >= 0.3 is 6.03 Å². The predicted octanol–water partition coefficient (Wildman–Crippen LogP) is 0.917.